The number of carbonyl (C=O) groups excluding carboxylic acids is 1. The quantitative estimate of drug-likeness (QED) is 0.392. The van der Waals surface area contributed by atoms with Gasteiger partial charge in [-0.25, -0.2) is 9.79 Å². The molecule has 4 aromatic rings. The van der Waals surface area contributed by atoms with Gasteiger partial charge in [-0.15, -0.1) is 0 Å². The number of benzene rings is 3. The molecule has 8 heteroatoms. The standard InChI is InChI=1S/C29H26N2O5S/c1-4-35-23-15-18(13-14-22(23)32)16-24-27(33)31-26(21-12-8-10-19-9-6-7-11-20(19)21)25(28(34)36-5-2)17(3)30-29(31)37-24/h6-16,26,32H,4-5H2,1-3H3/b24-16+/t26-/m0/s1. The van der Waals surface area contributed by atoms with Crippen molar-refractivity contribution in [1.82, 2.24) is 4.57 Å². The number of aromatic nitrogens is 1. The Labute approximate surface area is 217 Å². The third kappa shape index (κ3) is 4.44. The van der Waals surface area contributed by atoms with E-state index >= 15 is 0 Å². The molecule has 3 aromatic carbocycles. The van der Waals surface area contributed by atoms with Crippen LogP contribution in [0.5, 0.6) is 11.5 Å². The molecule has 0 saturated carbocycles. The van der Waals surface area contributed by atoms with Gasteiger partial charge in [-0.2, -0.15) is 0 Å². The largest absolute Gasteiger partial charge is 0.504 e. The highest BCUT2D eigenvalue weighted by molar-refractivity contribution is 7.07. The van der Waals surface area contributed by atoms with E-state index in [9.17, 15) is 14.7 Å². The molecule has 0 aliphatic carbocycles. The molecule has 1 atom stereocenters. The SMILES string of the molecule is CCOC(=O)C1=C(C)N=c2s/c(=C/c3ccc(O)c(OCC)c3)c(=O)n2[C@H]1c1cccc2ccccc12. The minimum absolute atomic E-state index is 0.0334. The molecule has 0 radical (unpaired) electrons. The Morgan fingerprint density at radius 2 is 1.89 bits per heavy atom. The van der Waals surface area contributed by atoms with E-state index in [2.05, 4.69) is 4.99 Å². The highest BCUT2D eigenvalue weighted by Crippen LogP contribution is 2.35. The van der Waals surface area contributed by atoms with Crippen LogP contribution in [0.4, 0.5) is 0 Å². The van der Waals surface area contributed by atoms with Gasteiger partial charge in [0.1, 0.15) is 0 Å². The van der Waals surface area contributed by atoms with E-state index in [-0.39, 0.29) is 17.9 Å². The summed E-state index contributed by atoms with van der Waals surface area (Å²) in [6, 6.07) is 18.0. The Hall–Kier alpha value is -4.17. The maximum atomic E-state index is 13.9. The van der Waals surface area contributed by atoms with Crippen LogP contribution in [0.25, 0.3) is 16.8 Å². The van der Waals surface area contributed by atoms with E-state index < -0.39 is 12.0 Å². The number of rotatable bonds is 6. The summed E-state index contributed by atoms with van der Waals surface area (Å²) in [6.07, 6.45) is 1.75. The molecule has 7 nitrogen and oxygen atoms in total. The van der Waals surface area contributed by atoms with E-state index in [0.29, 0.717) is 38.5 Å². The summed E-state index contributed by atoms with van der Waals surface area (Å²) in [6.45, 7) is 5.98. The van der Waals surface area contributed by atoms with Crippen LogP contribution in [0.1, 0.15) is 37.9 Å². The van der Waals surface area contributed by atoms with Crippen LogP contribution < -0.4 is 19.6 Å². The number of phenols is 1. The molecule has 1 N–H and O–H groups in total. The fourth-order valence-electron chi connectivity index (χ4n) is 4.62. The lowest BCUT2D eigenvalue weighted by atomic mass is 9.91. The molecule has 5 rings (SSSR count). The van der Waals surface area contributed by atoms with Crippen LogP contribution in [0.3, 0.4) is 0 Å². The Balaban J connectivity index is 1.76. The first-order chi connectivity index (χ1) is 17.9. The summed E-state index contributed by atoms with van der Waals surface area (Å²) in [5, 5.41) is 12.0. The van der Waals surface area contributed by atoms with E-state index in [4.69, 9.17) is 9.47 Å². The molecule has 37 heavy (non-hydrogen) atoms. The Morgan fingerprint density at radius 3 is 2.68 bits per heavy atom. The molecule has 0 spiro atoms. The van der Waals surface area contributed by atoms with Gasteiger partial charge in [0.05, 0.1) is 35.1 Å². The van der Waals surface area contributed by atoms with Crippen LogP contribution >= 0.6 is 11.3 Å². The number of thiazole rings is 1. The van der Waals surface area contributed by atoms with Crippen LogP contribution in [-0.2, 0) is 9.53 Å². The van der Waals surface area contributed by atoms with Gasteiger partial charge in [0, 0.05) is 0 Å². The van der Waals surface area contributed by atoms with E-state index in [1.54, 1.807) is 36.6 Å². The molecular weight excluding hydrogens is 488 g/mol. The second-order valence-corrected chi connectivity index (χ2v) is 9.54. The number of carbonyl (C=O) groups is 1. The summed E-state index contributed by atoms with van der Waals surface area (Å²) in [5.74, 6) is -0.111. The molecule has 1 aliphatic heterocycles. The maximum Gasteiger partial charge on any atom is 0.338 e. The predicted octanol–water partition coefficient (Wildman–Crippen LogP) is 4.06. The maximum absolute atomic E-state index is 13.9. The molecule has 0 bridgehead atoms. The molecule has 0 unspecified atom stereocenters. The van der Waals surface area contributed by atoms with Crippen LogP contribution in [0.15, 0.2) is 81.7 Å². The van der Waals surface area contributed by atoms with Crippen molar-refractivity contribution >= 4 is 34.2 Å². The molecule has 0 saturated heterocycles. The molecular formula is C29H26N2O5S. The van der Waals surface area contributed by atoms with Gasteiger partial charge in [0.25, 0.3) is 5.56 Å². The molecule has 1 aliphatic rings. The first-order valence-corrected chi connectivity index (χ1v) is 12.9. The zero-order valence-corrected chi connectivity index (χ0v) is 21.5. The normalized spacial score (nSPS) is 15.4. The third-order valence-corrected chi connectivity index (χ3v) is 7.20. The first-order valence-electron chi connectivity index (χ1n) is 12.1. The number of allylic oxidation sites excluding steroid dienone is 1. The molecule has 2 heterocycles. The summed E-state index contributed by atoms with van der Waals surface area (Å²) in [5.41, 5.74) is 2.14. The van der Waals surface area contributed by atoms with Crippen molar-refractivity contribution in [3.8, 4) is 11.5 Å². The highest BCUT2D eigenvalue weighted by Gasteiger charge is 2.34. The van der Waals surface area contributed by atoms with Crippen LogP contribution in [0.2, 0.25) is 0 Å². The van der Waals surface area contributed by atoms with Gasteiger partial charge in [-0.05, 0) is 60.9 Å². The first kappa shape index (κ1) is 24.5. The minimum atomic E-state index is -0.692. The zero-order valence-electron chi connectivity index (χ0n) is 20.7. The van der Waals surface area contributed by atoms with Crippen LogP contribution in [-0.4, -0.2) is 28.9 Å². The average Bonchev–Trinajstić information content (AvgIpc) is 3.19. The van der Waals surface area contributed by atoms with Crippen molar-refractivity contribution in [2.45, 2.75) is 26.8 Å². The Kier molecular flexibility index (Phi) is 6.67. The van der Waals surface area contributed by atoms with Crippen molar-refractivity contribution in [3.05, 3.63) is 103 Å². The number of phenolic OH excluding ortho intramolecular Hbond substituents is 1. The number of fused-ring (bicyclic) bond motifs is 2. The summed E-state index contributed by atoms with van der Waals surface area (Å²) in [4.78, 5) is 32.2. The third-order valence-electron chi connectivity index (χ3n) is 6.22. The molecule has 0 fully saturated rings. The second kappa shape index (κ2) is 10.1. The number of hydrogen-bond donors (Lipinski definition) is 1. The van der Waals surface area contributed by atoms with E-state index in [0.717, 1.165) is 16.3 Å². The summed E-state index contributed by atoms with van der Waals surface area (Å²) >= 11 is 1.25. The lowest BCUT2D eigenvalue weighted by Gasteiger charge is -2.25. The van der Waals surface area contributed by atoms with Gasteiger partial charge >= 0.3 is 5.97 Å². The topological polar surface area (TPSA) is 90.1 Å². The Bertz CT molecular complexity index is 1730. The average molecular weight is 515 g/mol. The molecule has 0 amide bonds. The van der Waals surface area contributed by atoms with Gasteiger partial charge in [-0.1, -0.05) is 59.9 Å². The van der Waals surface area contributed by atoms with Crippen molar-refractivity contribution in [2.75, 3.05) is 13.2 Å². The second-order valence-electron chi connectivity index (χ2n) is 8.53. The summed E-state index contributed by atoms with van der Waals surface area (Å²) < 4.78 is 12.9. The fourth-order valence-corrected chi connectivity index (χ4v) is 5.66. The number of nitrogens with zero attached hydrogens (tertiary/aromatic N) is 2. The van der Waals surface area contributed by atoms with Crippen molar-refractivity contribution in [1.29, 1.82) is 0 Å². The summed E-state index contributed by atoms with van der Waals surface area (Å²) in [7, 11) is 0. The van der Waals surface area contributed by atoms with E-state index in [1.807, 2.05) is 49.4 Å². The highest BCUT2D eigenvalue weighted by atomic mass is 32.1. The number of ether oxygens (including phenoxy) is 2. The van der Waals surface area contributed by atoms with Gasteiger partial charge < -0.3 is 14.6 Å². The number of aromatic hydroxyl groups is 1. The molecule has 188 valence electrons. The predicted molar refractivity (Wildman–Crippen MR) is 144 cm³/mol. The van der Waals surface area contributed by atoms with Gasteiger partial charge in [0.15, 0.2) is 16.3 Å². The van der Waals surface area contributed by atoms with Crippen molar-refractivity contribution in [2.24, 2.45) is 4.99 Å². The Morgan fingerprint density at radius 1 is 1.11 bits per heavy atom. The minimum Gasteiger partial charge on any atom is -0.504 e. The number of hydrogen-bond acceptors (Lipinski definition) is 7. The van der Waals surface area contributed by atoms with Crippen LogP contribution in [0, 0.1) is 0 Å². The lowest BCUT2D eigenvalue weighted by molar-refractivity contribution is -0.139. The van der Waals surface area contributed by atoms with Crippen molar-refractivity contribution < 1.29 is 19.4 Å². The zero-order chi connectivity index (χ0) is 26.1. The smallest absolute Gasteiger partial charge is 0.338 e. The molecule has 1 aromatic heterocycles. The van der Waals surface area contributed by atoms with Crippen molar-refractivity contribution in [3.63, 3.8) is 0 Å². The van der Waals surface area contributed by atoms with Gasteiger partial charge in [-0.3, -0.25) is 9.36 Å². The fraction of sp³-hybridized carbons (Fsp3) is 0.207. The van der Waals surface area contributed by atoms with Gasteiger partial charge in [0.2, 0.25) is 0 Å². The van der Waals surface area contributed by atoms with E-state index in [1.165, 1.54) is 17.4 Å². The number of esters is 1. The monoisotopic (exact) mass is 514 g/mol. The lowest BCUT2D eigenvalue weighted by Crippen LogP contribution is -2.40.